The van der Waals surface area contributed by atoms with Crippen LogP contribution in [0.15, 0.2) is 47.4 Å². The number of fused-ring (bicyclic) bond motifs is 1. The maximum absolute atomic E-state index is 13.2. The van der Waals surface area contributed by atoms with Crippen LogP contribution < -0.4 is 0 Å². The highest BCUT2D eigenvalue weighted by Gasteiger charge is 2.40. The lowest BCUT2D eigenvalue weighted by molar-refractivity contribution is -0.387. The largest absolute Gasteiger partial charge is 0.341 e. The van der Waals surface area contributed by atoms with Crippen LogP contribution in [0.2, 0.25) is 5.02 Å². The van der Waals surface area contributed by atoms with Crippen molar-refractivity contribution in [2.45, 2.75) is 23.8 Å². The molecule has 0 bridgehead atoms. The van der Waals surface area contributed by atoms with Gasteiger partial charge < -0.3 is 4.98 Å². The van der Waals surface area contributed by atoms with Crippen LogP contribution in [0.1, 0.15) is 24.7 Å². The SMILES string of the molecule is O=[N+]([O-])c1cc(Cl)ccc1S(=O)(=O)N1CCCC1c1nc2ccccc2[nH]1. The van der Waals surface area contributed by atoms with Crippen LogP contribution in [0, 0.1) is 10.1 Å². The van der Waals surface area contributed by atoms with Crippen LogP contribution in [-0.2, 0) is 10.0 Å². The van der Waals surface area contributed by atoms with E-state index in [2.05, 4.69) is 9.97 Å². The minimum Gasteiger partial charge on any atom is -0.341 e. The topological polar surface area (TPSA) is 109 Å². The fourth-order valence-electron chi connectivity index (χ4n) is 3.41. The number of halogens is 1. The van der Waals surface area contributed by atoms with Crippen molar-refractivity contribution in [3.8, 4) is 0 Å². The first-order valence-electron chi connectivity index (χ1n) is 8.28. The first kappa shape index (κ1) is 17.9. The molecule has 1 atom stereocenters. The number of nitrogens with one attached hydrogen (secondary N) is 1. The van der Waals surface area contributed by atoms with Gasteiger partial charge in [-0.15, -0.1) is 0 Å². The van der Waals surface area contributed by atoms with E-state index in [0.717, 1.165) is 17.1 Å². The van der Waals surface area contributed by atoms with Crippen molar-refractivity contribution >= 4 is 38.3 Å². The molecule has 1 aliphatic rings. The van der Waals surface area contributed by atoms with Crippen molar-refractivity contribution < 1.29 is 13.3 Å². The number of nitro benzene ring substituents is 1. The van der Waals surface area contributed by atoms with Crippen LogP contribution in [0.25, 0.3) is 11.0 Å². The third kappa shape index (κ3) is 3.07. The predicted octanol–water partition coefficient (Wildman–Crippen LogP) is 3.65. The van der Waals surface area contributed by atoms with Gasteiger partial charge in [0.05, 0.1) is 22.0 Å². The van der Waals surface area contributed by atoms with Gasteiger partial charge in [-0.1, -0.05) is 23.7 Å². The van der Waals surface area contributed by atoms with Crippen LogP contribution >= 0.6 is 11.6 Å². The lowest BCUT2D eigenvalue weighted by Gasteiger charge is -2.22. The number of aromatic nitrogens is 2. The molecule has 140 valence electrons. The van der Waals surface area contributed by atoms with Gasteiger partial charge in [0.1, 0.15) is 5.82 Å². The first-order valence-corrected chi connectivity index (χ1v) is 10.1. The number of nitro groups is 1. The summed E-state index contributed by atoms with van der Waals surface area (Å²) >= 11 is 5.81. The molecule has 8 nitrogen and oxygen atoms in total. The summed E-state index contributed by atoms with van der Waals surface area (Å²) in [7, 11) is -4.09. The van der Waals surface area contributed by atoms with Crippen molar-refractivity contribution in [3.63, 3.8) is 0 Å². The fourth-order valence-corrected chi connectivity index (χ4v) is 5.38. The fraction of sp³-hybridized carbons (Fsp3) is 0.235. The third-order valence-corrected chi connectivity index (χ3v) is 6.82. The molecule has 10 heteroatoms. The van der Waals surface area contributed by atoms with E-state index in [1.165, 1.54) is 16.4 Å². The van der Waals surface area contributed by atoms with Crippen molar-refractivity contribution in [1.82, 2.24) is 14.3 Å². The van der Waals surface area contributed by atoms with Gasteiger partial charge in [-0.2, -0.15) is 4.31 Å². The number of nitrogens with zero attached hydrogens (tertiary/aromatic N) is 3. The summed E-state index contributed by atoms with van der Waals surface area (Å²) in [6, 6.07) is 10.5. The molecule has 0 amide bonds. The van der Waals surface area contributed by atoms with Crippen molar-refractivity contribution in [2.75, 3.05) is 6.54 Å². The molecule has 27 heavy (non-hydrogen) atoms. The molecule has 1 aromatic heterocycles. The second-order valence-electron chi connectivity index (χ2n) is 6.28. The van der Waals surface area contributed by atoms with Gasteiger partial charge in [-0.25, -0.2) is 13.4 Å². The Labute approximate surface area is 160 Å². The molecule has 0 aliphatic carbocycles. The molecule has 0 spiro atoms. The van der Waals surface area contributed by atoms with Gasteiger partial charge in [0.15, 0.2) is 4.90 Å². The van der Waals surface area contributed by atoms with Gasteiger partial charge in [-0.05, 0) is 37.1 Å². The van der Waals surface area contributed by atoms with Crippen molar-refractivity contribution in [1.29, 1.82) is 0 Å². The van der Waals surface area contributed by atoms with Crippen LogP contribution in [0.5, 0.6) is 0 Å². The molecule has 2 heterocycles. The summed E-state index contributed by atoms with van der Waals surface area (Å²) in [6.45, 7) is 0.268. The molecular formula is C17H15ClN4O4S. The number of imidazole rings is 1. The Bertz CT molecular complexity index is 1110. The number of aromatic amines is 1. The summed E-state index contributed by atoms with van der Waals surface area (Å²) in [6.07, 6.45) is 1.22. The molecule has 1 fully saturated rings. The molecule has 1 saturated heterocycles. The zero-order chi connectivity index (χ0) is 19.2. The Morgan fingerprint density at radius 2 is 2.04 bits per heavy atom. The molecule has 1 N–H and O–H groups in total. The first-order chi connectivity index (χ1) is 12.9. The number of benzene rings is 2. The summed E-state index contributed by atoms with van der Waals surface area (Å²) in [4.78, 5) is 17.9. The quantitative estimate of drug-likeness (QED) is 0.525. The summed E-state index contributed by atoms with van der Waals surface area (Å²) in [5, 5.41) is 11.5. The Morgan fingerprint density at radius 3 is 2.78 bits per heavy atom. The molecule has 4 rings (SSSR count). The van der Waals surface area contributed by atoms with E-state index >= 15 is 0 Å². The highest BCUT2D eigenvalue weighted by Crippen LogP contribution is 2.38. The van der Waals surface area contributed by atoms with Gasteiger partial charge in [0, 0.05) is 17.6 Å². The monoisotopic (exact) mass is 406 g/mol. The summed E-state index contributed by atoms with van der Waals surface area (Å²) in [5.74, 6) is 0.536. The molecule has 1 unspecified atom stereocenters. The second kappa shape index (κ2) is 6.59. The Balaban J connectivity index is 1.78. The molecule has 1 aliphatic heterocycles. The van der Waals surface area contributed by atoms with E-state index < -0.39 is 26.7 Å². The number of hydrogen-bond acceptors (Lipinski definition) is 5. The van der Waals surface area contributed by atoms with Gasteiger partial charge in [0.25, 0.3) is 15.7 Å². The normalized spacial score (nSPS) is 18.2. The molecule has 0 saturated carbocycles. The van der Waals surface area contributed by atoms with E-state index in [1.807, 2.05) is 24.3 Å². The smallest absolute Gasteiger partial charge is 0.290 e. The molecule has 3 aromatic rings. The zero-order valence-electron chi connectivity index (χ0n) is 14.0. The number of rotatable bonds is 4. The zero-order valence-corrected chi connectivity index (χ0v) is 15.6. The molecular weight excluding hydrogens is 392 g/mol. The van der Waals surface area contributed by atoms with Crippen LogP contribution in [-0.4, -0.2) is 34.2 Å². The van der Waals surface area contributed by atoms with Gasteiger partial charge in [-0.3, -0.25) is 10.1 Å². The highest BCUT2D eigenvalue weighted by atomic mass is 35.5. The van der Waals surface area contributed by atoms with Crippen molar-refractivity contribution in [3.05, 3.63) is 63.4 Å². The Hall–Kier alpha value is -2.49. The average molecular weight is 407 g/mol. The Morgan fingerprint density at radius 1 is 1.26 bits per heavy atom. The van der Waals surface area contributed by atoms with E-state index in [-0.39, 0.29) is 16.5 Å². The minimum absolute atomic E-state index is 0.107. The predicted molar refractivity (Wildman–Crippen MR) is 100 cm³/mol. The highest BCUT2D eigenvalue weighted by molar-refractivity contribution is 7.89. The van der Waals surface area contributed by atoms with Gasteiger partial charge >= 0.3 is 0 Å². The molecule has 2 aromatic carbocycles. The number of hydrogen-bond donors (Lipinski definition) is 1. The maximum atomic E-state index is 13.2. The second-order valence-corrected chi connectivity index (χ2v) is 8.58. The maximum Gasteiger partial charge on any atom is 0.290 e. The summed E-state index contributed by atoms with van der Waals surface area (Å²) in [5.41, 5.74) is 1.03. The Kier molecular flexibility index (Phi) is 4.37. The standard InChI is InChI=1S/C17H15ClN4O4S/c18-11-7-8-16(15(10-11)22(23)24)27(25,26)21-9-3-6-14(21)17-19-12-4-1-2-5-13(12)20-17/h1-2,4-5,7-8,10,14H,3,6,9H2,(H,19,20). The van der Waals surface area contributed by atoms with Crippen LogP contribution in [0.3, 0.4) is 0 Å². The van der Waals surface area contributed by atoms with E-state index in [1.54, 1.807) is 0 Å². The van der Waals surface area contributed by atoms with E-state index in [9.17, 15) is 18.5 Å². The number of sulfonamides is 1. The summed E-state index contributed by atoms with van der Waals surface area (Å²) < 4.78 is 27.7. The van der Waals surface area contributed by atoms with E-state index in [0.29, 0.717) is 18.7 Å². The third-order valence-electron chi connectivity index (χ3n) is 4.63. The van der Waals surface area contributed by atoms with Gasteiger partial charge in [0.2, 0.25) is 0 Å². The lowest BCUT2D eigenvalue weighted by Crippen LogP contribution is -2.31. The van der Waals surface area contributed by atoms with Crippen molar-refractivity contribution in [2.24, 2.45) is 0 Å². The van der Waals surface area contributed by atoms with Crippen LogP contribution in [0.4, 0.5) is 5.69 Å². The lowest BCUT2D eigenvalue weighted by atomic mass is 10.2. The molecule has 0 radical (unpaired) electrons. The number of H-pyrrole nitrogens is 1. The average Bonchev–Trinajstić information content (AvgIpc) is 3.28. The van der Waals surface area contributed by atoms with E-state index in [4.69, 9.17) is 11.6 Å². The minimum atomic E-state index is -4.09. The number of para-hydroxylation sites is 2.